The van der Waals surface area contributed by atoms with Crippen molar-refractivity contribution in [1.82, 2.24) is 4.90 Å². The number of hydrogen-bond acceptors (Lipinski definition) is 4. The summed E-state index contributed by atoms with van der Waals surface area (Å²) in [5, 5.41) is 9.65. The van der Waals surface area contributed by atoms with Crippen LogP contribution >= 0.6 is 0 Å². The summed E-state index contributed by atoms with van der Waals surface area (Å²) in [5.41, 5.74) is 3.39. The van der Waals surface area contributed by atoms with E-state index in [0.29, 0.717) is 48.6 Å². The summed E-state index contributed by atoms with van der Waals surface area (Å²) >= 11 is 0. The fourth-order valence-corrected chi connectivity index (χ4v) is 3.71. The molecule has 1 N–H and O–H groups in total. The van der Waals surface area contributed by atoms with Crippen molar-refractivity contribution in [3.63, 3.8) is 0 Å². The van der Waals surface area contributed by atoms with Crippen LogP contribution in [0.2, 0.25) is 0 Å². The topological polar surface area (TPSA) is 70.8 Å². The van der Waals surface area contributed by atoms with Gasteiger partial charge in [0.15, 0.2) is 11.5 Å². The minimum atomic E-state index is -0.177. The maximum atomic E-state index is 12.9. The van der Waals surface area contributed by atoms with Gasteiger partial charge in [-0.3, -0.25) is 9.59 Å². The highest BCUT2D eigenvalue weighted by molar-refractivity contribution is 6.03. The quantitative estimate of drug-likeness (QED) is 0.875. The van der Waals surface area contributed by atoms with E-state index in [1.165, 1.54) is 0 Å². The van der Waals surface area contributed by atoms with Gasteiger partial charge in [-0.15, -0.1) is 0 Å². The number of amides is 1. The van der Waals surface area contributed by atoms with Crippen molar-refractivity contribution in [3.05, 3.63) is 52.0 Å². The Kier molecular flexibility index (Phi) is 3.44. The number of benzene rings is 1. The molecule has 24 heavy (non-hydrogen) atoms. The van der Waals surface area contributed by atoms with Crippen molar-refractivity contribution in [1.29, 1.82) is 0 Å². The van der Waals surface area contributed by atoms with E-state index in [2.05, 4.69) is 0 Å². The van der Waals surface area contributed by atoms with Crippen LogP contribution in [0.5, 0.6) is 5.75 Å². The number of nitrogens with zero attached hydrogens (tertiary/aromatic N) is 1. The largest absolute Gasteiger partial charge is 0.508 e. The van der Waals surface area contributed by atoms with Gasteiger partial charge in [0.2, 0.25) is 0 Å². The molecular weight excluding hydrogens is 306 g/mol. The third-order valence-electron chi connectivity index (χ3n) is 4.99. The standard InChI is InChI=1S/C19H19NO4/c1-11-17-15(22)3-2-4-16(17)24-18(11)19(23)20-8-7-12-5-6-14(21)9-13(12)10-20/h5-6,9,21H,2-4,7-8,10H2,1H3. The van der Waals surface area contributed by atoms with Crippen LogP contribution in [0.4, 0.5) is 0 Å². The third kappa shape index (κ3) is 2.31. The second-order valence-electron chi connectivity index (χ2n) is 6.56. The van der Waals surface area contributed by atoms with Gasteiger partial charge in [-0.25, -0.2) is 0 Å². The van der Waals surface area contributed by atoms with Crippen LogP contribution in [-0.4, -0.2) is 28.2 Å². The molecule has 0 unspecified atom stereocenters. The lowest BCUT2D eigenvalue weighted by atomic mass is 9.93. The number of carbonyl (C=O) groups is 2. The van der Waals surface area contributed by atoms with E-state index in [9.17, 15) is 14.7 Å². The molecule has 1 aliphatic carbocycles. The lowest BCUT2D eigenvalue weighted by molar-refractivity contribution is 0.0698. The molecule has 2 aromatic rings. The Labute approximate surface area is 139 Å². The zero-order valence-corrected chi connectivity index (χ0v) is 13.6. The van der Waals surface area contributed by atoms with Crippen LogP contribution < -0.4 is 0 Å². The molecule has 2 heterocycles. The molecule has 1 aromatic carbocycles. The first-order valence-electron chi connectivity index (χ1n) is 8.30. The highest BCUT2D eigenvalue weighted by atomic mass is 16.4. The molecular formula is C19H19NO4. The molecule has 0 bridgehead atoms. The summed E-state index contributed by atoms with van der Waals surface area (Å²) in [6.45, 7) is 2.85. The van der Waals surface area contributed by atoms with Crippen LogP contribution in [0.15, 0.2) is 22.6 Å². The summed E-state index contributed by atoms with van der Waals surface area (Å²) in [6, 6.07) is 5.28. The molecule has 1 aliphatic heterocycles. The van der Waals surface area contributed by atoms with Gasteiger partial charge in [-0.1, -0.05) is 6.07 Å². The SMILES string of the molecule is Cc1c(C(=O)N2CCc3ccc(O)cc3C2)oc2c1C(=O)CCC2. The van der Waals surface area contributed by atoms with E-state index >= 15 is 0 Å². The molecule has 5 nitrogen and oxygen atoms in total. The highest BCUT2D eigenvalue weighted by Crippen LogP contribution is 2.31. The molecule has 4 rings (SSSR count). The second-order valence-corrected chi connectivity index (χ2v) is 6.56. The van der Waals surface area contributed by atoms with Gasteiger partial charge in [-0.2, -0.15) is 0 Å². The predicted molar refractivity (Wildman–Crippen MR) is 87.3 cm³/mol. The number of phenolic OH excluding ortho intramolecular Hbond substituents is 1. The Morgan fingerprint density at radius 1 is 1.21 bits per heavy atom. The fourth-order valence-electron chi connectivity index (χ4n) is 3.71. The second kappa shape index (κ2) is 5.51. The lowest BCUT2D eigenvalue weighted by Gasteiger charge is -2.28. The van der Waals surface area contributed by atoms with Crippen molar-refractivity contribution >= 4 is 11.7 Å². The van der Waals surface area contributed by atoms with Crippen molar-refractivity contribution in [2.75, 3.05) is 6.54 Å². The van der Waals surface area contributed by atoms with E-state index in [1.807, 2.05) is 6.07 Å². The Balaban J connectivity index is 1.64. The first-order valence-corrected chi connectivity index (χ1v) is 8.30. The molecule has 2 aliphatic rings. The average Bonchev–Trinajstić information content (AvgIpc) is 2.91. The summed E-state index contributed by atoms with van der Waals surface area (Å²) < 4.78 is 5.77. The number of aryl methyl sites for hydroxylation is 1. The van der Waals surface area contributed by atoms with Gasteiger partial charge < -0.3 is 14.4 Å². The number of Topliss-reactive ketones (excluding diaryl/α,β-unsaturated/α-hetero) is 1. The van der Waals surface area contributed by atoms with Crippen molar-refractivity contribution in [3.8, 4) is 5.75 Å². The van der Waals surface area contributed by atoms with Crippen molar-refractivity contribution < 1.29 is 19.1 Å². The monoisotopic (exact) mass is 325 g/mol. The number of fused-ring (bicyclic) bond motifs is 2. The zero-order chi connectivity index (χ0) is 16.8. The van der Waals surface area contributed by atoms with E-state index in [1.54, 1.807) is 24.0 Å². The van der Waals surface area contributed by atoms with Crippen molar-refractivity contribution in [2.24, 2.45) is 0 Å². The molecule has 124 valence electrons. The zero-order valence-electron chi connectivity index (χ0n) is 13.6. The van der Waals surface area contributed by atoms with E-state index in [0.717, 1.165) is 24.0 Å². The van der Waals surface area contributed by atoms with Gasteiger partial charge in [0.1, 0.15) is 11.5 Å². The highest BCUT2D eigenvalue weighted by Gasteiger charge is 2.31. The van der Waals surface area contributed by atoms with E-state index in [4.69, 9.17) is 4.42 Å². The van der Waals surface area contributed by atoms with E-state index in [-0.39, 0.29) is 17.4 Å². The van der Waals surface area contributed by atoms with Gasteiger partial charge in [0, 0.05) is 31.5 Å². The molecule has 0 saturated carbocycles. The smallest absolute Gasteiger partial charge is 0.290 e. The Hall–Kier alpha value is -2.56. The molecule has 0 saturated heterocycles. The summed E-state index contributed by atoms with van der Waals surface area (Å²) in [5.74, 6) is 1.05. The van der Waals surface area contributed by atoms with Crippen LogP contribution in [0.25, 0.3) is 0 Å². The third-order valence-corrected chi connectivity index (χ3v) is 4.99. The Bertz CT molecular complexity index is 849. The summed E-state index contributed by atoms with van der Waals surface area (Å²) in [4.78, 5) is 26.7. The average molecular weight is 325 g/mol. The summed E-state index contributed by atoms with van der Waals surface area (Å²) in [6.07, 6.45) is 2.77. The predicted octanol–water partition coefficient (Wildman–Crippen LogP) is 3.01. The fraction of sp³-hybridized carbons (Fsp3) is 0.368. The number of hydrogen-bond donors (Lipinski definition) is 1. The molecule has 1 amide bonds. The first-order chi connectivity index (χ1) is 11.5. The number of phenols is 1. The van der Waals surface area contributed by atoms with Gasteiger partial charge in [0.05, 0.1) is 5.56 Å². The van der Waals surface area contributed by atoms with Crippen LogP contribution in [0, 0.1) is 6.92 Å². The van der Waals surface area contributed by atoms with Crippen LogP contribution in [0.3, 0.4) is 0 Å². The molecule has 0 fully saturated rings. The van der Waals surface area contributed by atoms with Gasteiger partial charge in [0.25, 0.3) is 5.91 Å². The van der Waals surface area contributed by atoms with Gasteiger partial charge >= 0.3 is 0 Å². The maximum absolute atomic E-state index is 12.9. The number of rotatable bonds is 1. The van der Waals surface area contributed by atoms with Gasteiger partial charge in [-0.05, 0) is 43.0 Å². The van der Waals surface area contributed by atoms with Crippen molar-refractivity contribution in [2.45, 2.75) is 39.2 Å². The van der Waals surface area contributed by atoms with E-state index < -0.39 is 0 Å². The minimum absolute atomic E-state index is 0.0745. The van der Waals surface area contributed by atoms with Crippen LogP contribution in [0.1, 0.15) is 56.2 Å². The first kappa shape index (κ1) is 15.0. The van der Waals surface area contributed by atoms with Crippen LogP contribution in [-0.2, 0) is 19.4 Å². The lowest BCUT2D eigenvalue weighted by Crippen LogP contribution is -2.36. The normalized spacial score (nSPS) is 16.7. The maximum Gasteiger partial charge on any atom is 0.290 e. The molecule has 1 aromatic heterocycles. The number of aromatic hydroxyl groups is 1. The molecule has 0 atom stereocenters. The molecule has 0 radical (unpaired) electrons. The molecule has 5 heteroatoms. The minimum Gasteiger partial charge on any atom is -0.508 e. The number of furan rings is 1. The number of ketones is 1. The molecule has 0 spiro atoms. The number of carbonyl (C=O) groups excluding carboxylic acids is 2. The summed E-state index contributed by atoms with van der Waals surface area (Å²) in [7, 11) is 0. The Morgan fingerprint density at radius 2 is 2.04 bits per heavy atom. The Morgan fingerprint density at radius 3 is 2.83 bits per heavy atom.